The summed E-state index contributed by atoms with van der Waals surface area (Å²) in [6.07, 6.45) is 0.485. The van der Waals surface area contributed by atoms with Gasteiger partial charge in [0.15, 0.2) is 0 Å². The van der Waals surface area contributed by atoms with Crippen molar-refractivity contribution in [2.75, 3.05) is 6.54 Å². The van der Waals surface area contributed by atoms with E-state index in [0.717, 1.165) is 17.7 Å². The Balaban J connectivity index is 2.35. The van der Waals surface area contributed by atoms with Crippen LogP contribution >= 0.6 is 23.2 Å². The molecule has 0 aliphatic heterocycles. The lowest BCUT2D eigenvalue weighted by Crippen LogP contribution is -2.23. The molecule has 112 valence electrons. The zero-order valence-electron chi connectivity index (χ0n) is 12.1. The highest BCUT2D eigenvalue weighted by atomic mass is 35.5. The molecule has 0 aliphatic carbocycles. The van der Waals surface area contributed by atoms with Gasteiger partial charge in [-0.15, -0.1) is 0 Å². The molecular weight excluding hydrogens is 308 g/mol. The van der Waals surface area contributed by atoms with Gasteiger partial charge in [-0.3, -0.25) is 0 Å². The molecule has 2 aromatic rings. The van der Waals surface area contributed by atoms with Crippen LogP contribution in [0.3, 0.4) is 0 Å². The molecule has 0 saturated heterocycles. The van der Waals surface area contributed by atoms with Gasteiger partial charge in [-0.1, -0.05) is 42.3 Å². The molecule has 0 aliphatic rings. The Morgan fingerprint density at radius 1 is 1.19 bits per heavy atom. The molecule has 0 bridgehead atoms. The number of rotatable bonds is 5. The summed E-state index contributed by atoms with van der Waals surface area (Å²) in [7, 11) is 0. The van der Waals surface area contributed by atoms with Crippen LogP contribution in [-0.2, 0) is 6.42 Å². The zero-order chi connectivity index (χ0) is 15.4. The highest BCUT2D eigenvalue weighted by Gasteiger charge is 2.16. The topological polar surface area (TPSA) is 12.0 Å². The fraction of sp³-hybridized carbons (Fsp3) is 0.294. The normalized spacial score (nSPS) is 12.4. The van der Waals surface area contributed by atoms with E-state index in [0.29, 0.717) is 22.0 Å². The smallest absolute Gasteiger partial charge is 0.127 e. The van der Waals surface area contributed by atoms with E-state index in [-0.39, 0.29) is 11.9 Å². The second-order valence-electron chi connectivity index (χ2n) is 5.08. The molecule has 1 unspecified atom stereocenters. The van der Waals surface area contributed by atoms with Crippen LogP contribution in [0.25, 0.3) is 0 Å². The molecule has 0 heterocycles. The fourth-order valence-electron chi connectivity index (χ4n) is 2.45. The summed E-state index contributed by atoms with van der Waals surface area (Å²) in [5.41, 5.74) is 2.66. The van der Waals surface area contributed by atoms with Crippen molar-refractivity contribution < 1.29 is 4.39 Å². The fourth-order valence-corrected chi connectivity index (χ4v) is 2.99. The van der Waals surface area contributed by atoms with Crippen LogP contribution in [0.2, 0.25) is 10.0 Å². The summed E-state index contributed by atoms with van der Waals surface area (Å²) < 4.78 is 14.0. The maximum absolute atomic E-state index is 14.0. The van der Waals surface area contributed by atoms with Gasteiger partial charge in [-0.2, -0.15) is 0 Å². The Morgan fingerprint density at radius 3 is 2.57 bits per heavy atom. The van der Waals surface area contributed by atoms with Gasteiger partial charge >= 0.3 is 0 Å². The number of benzene rings is 2. The van der Waals surface area contributed by atoms with Gasteiger partial charge in [0.05, 0.1) is 0 Å². The van der Waals surface area contributed by atoms with E-state index >= 15 is 0 Å². The number of hydrogen-bond acceptors (Lipinski definition) is 1. The molecule has 4 heteroatoms. The standard InChI is InChI=1S/C17H18Cl2FN/c1-3-21-17(12-7-11(2)8-13(18)9-12)10-14-15(19)5-4-6-16(14)20/h4-9,17,21H,3,10H2,1-2H3. The molecule has 0 aromatic heterocycles. The lowest BCUT2D eigenvalue weighted by Gasteiger charge is -2.20. The molecule has 0 radical (unpaired) electrons. The van der Waals surface area contributed by atoms with Crippen LogP contribution in [0.5, 0.6) is 0 Å². The first kappa shape index (κ1) is 16.3. The van der Waals surface area contributed by atoms with Crippen molar-refractivity contribution in [2.24, 2.45) is 0 Å². The van der Waals surface area contributed by atoms with Crippen molar-refractivity contribution >= 4 is 23.2 Å². The first-order valence-corrected chi connectivity index (χ1v) is 7.70. The molecule has 21 heavy (non-hydrogen) atoms. The predicted octanol–water partition coefficient (Wildman–Crippen LogP) is 5.33. The molecule has 1 atom stereocenters. The largest absolute Gasteiger partial charge is 0.310 e. The lowest BCUT2D eigenvalue weighted by atomic mass is 9.97. The van der Waals surface area contributed by atoms with Crippen molar-refractivity contribution in [3.05, 3.63) is 69.0 Å². The average molecular weight is 326 g/mol. The third-order valence-electron chi connectivity index (χ3n) is 3.39. The molecule has 0 amide bonds. The van der Waals surface area contributed by atoms with E-state index in [1.807, 2.05) is 26.0 Å². The number of halogens is 3. The molecular formula is C17H18Cl2FN. The van der Waals surface area contributed by atoms with Gasteiger partial charge in [0.2, 0.25) is 0 Å². The van der Waals surface area contributed by atoms with Gasteiger partial charge in [0.1, 0.15) is 5.82 Å². The molecule has 0 spiro atoms. The highest BCUT2D eigenvalue weighted by Crippen LogP contribution is 2.27. The Hall–Kier alpha value is -1.09. The third kappa shape index (κ3) is 4.19. The predicted molar refractivity (Wildman–Crippen MR) is 87.7 cm³/mol. The van der Waals surface area contributed by atoms with E-state index in [4.69, 9.17) is 23.2 Å². The molecule has 1 N–H and O–H groups in total. The van der Waals surface area contributed by atoms with Crippen molar-refractivity contribution in [2.45, 2.75) is 26.3 Å². The van der Waals surface area contributed by atoms with Gasteiger partial charge in [-0.25, -0.2) is 4.39 Å². The highest BCUT2D eigenvalue weighted by molar-refractivity contribution is 6.31. The Bertz CT molecular complexity index is 588. The van der Waals surface area contributed by atoms with E-state index < -0.39 is 0 Å². The van der Waals surface area contributed by atoms with Gasteiger partial charge in [0, 0.05) is 21.7 Å². The minimum Gasteiger partial charge on any atom is -0.310 e. The van der Waals surface area contributed by atoms with Gasteiger partial charge in [0.25, 0.3) is 0 Å². The van der Waals surface area contributed by atoms with Crippen molar-refractivity contribution in [1.29, 1.82) is 0 Å². The molecule has 2 rings (SSSR count). The zero-order valence-corrected chi connectivity index (χ0v) is 13.6. The SMILES string of the molecule is CCNC(Cc1c(F)cccc1Cl)c1cc(C)cc(Cl)c1. The van der Waals surface area contributed by atoms with Crippen LogP contribution in [0.1, 0.15) is 29.7 Å². The number of nitrogens with one attached hydrogen (secondary N) is 1. The van der Waals surface area contributed by atoms with E-state index in [2.05, 4.69) is 11.4 Å². The Morgan fingerprint density at radius 2 is 1.95 bits per heavy atom. The summed E-state index contributed by atoms with van der Waals surface area (Å²) in [6, 6.07) is 10.6. The minimum atomic E-state index is -0.274. The van der Waals surface area contributed by atoms with Crippen LogP contribution in [0.4, 0.5) is 4.39 Å². The second-order valence-corrected chi connectivity index (χ2v) is 5.92. The maximum Gasteiger partial charge on any atom is 0.127 e. The summed E-state index contributed by atoms with van der Waals surface area (Å²) in [5, 5.41) is 4.52. The number of likely N-dealkylation sites (N-methyl/N-ethyl adjacent to an activating group) is 1. The third-order valence-corrected chi connectivity index (χ3v) is 3.96. The first-order chi connectivity index (χ1) is 10.0. The van der Waals surface area contributed by atoms with Crippen molar-refractivity contribution in [3.8, 4) is 0 Å². The van der Waals surface area contributed by atoms with Crippen LogP contribution in [0, 0.1) is 12.7 Å². The van der Waals surface area contributed by atoms with Crippen LogP contribution in [0.15, 0.2) is 36.4 Å². The summed E-state index contributed by atoms with van der Waals surface area (Å²) in [4.78, 5) is 0. The maximum atomic E-state index is 14.0. The lowest BCUT2D eigenvalue weighted by molar-refractivity contribution is 0.528. The summed E-state index contributed by atoms with van der Waals surface area (Å²) in [5.74, 6) is -0.274. The van der Waals surface area contributed by atoms with Crippen molar-refractivity contribution in [1.82, 2.24) is 5.32 Å². The van der Waals surface area contributed by atoms with E-state index in [9.17, 15) is 4.39 Å². The monoisotopic (exact) mass is 325 g/mol. The molecule has 1 nitrogen and oxygen atoms in total. The molecule has 0 saturated carbocycles. The van der Waals surface area contributed by atoms with Gasteiger partial charge in [-0.05, 0) is 55.3 Å². The number of hydrogen-bond donors (Lipinski definition) is 1. The Kier molecular flexibility index (Phi) is 5.63. The summed E-state index contributed by atoms with van der Waals surface area (Å²) in [6.45, 7) is 4.80. The Labute approximate surface area is 135 Å². The first-order valence-electron chi connectivity index (χ1n) is 6.94. The van der Waals surface area contributed by atoms with E-state index in [1.54, 1.807) is 12.1 Å². The number of aryl methyl sites for hydroxylation is 1. The minimum absolute atomic E-state index is 0.0261. The summed E-state index contributed by atoms with van der Waals surface area (Å²) >= 11 is 12.3. The van der Waals surface area contributed by atoms with Crippen LogP contribution in [-0.4, -0.2) is 6.54 Å². The van der Waals surface area contributed by atoms with Gasteiger partial charge < -0.3 is 5.32 Å². The van der Waals surface area contributed by atoms with Crippen molar-refractivity contribution in [3.63, 3.8) is 0 Å². The second kappa shape index (κ2) is 7.26. The van der Waals surface area contributed by atoms with E-state index in [1.165, 1.54) is 6.07 Å². The molecule has 0 fully saturated rings. The quantitative estimate of drug-likeness (QED) is 0.782. The molecule has 2 aromatic carbocycles. The average Bonchev–Trinajstić information content (AvgIpc) is 2.40. The van der Waals surface area contributed by atoms with Crippen LogP contribution < -0.4 is 5.32 Å².